The molecule has 1 atom stereocenters. The molecule has 0 spiro atoms. The minimum atomic E-state index is -2.82. The molecule has 0 aromatic carbocycles. The highest BCUT2D eigenvalue weighted by molar-refractivity contribution is 7.92. The third-order valence-electron chi connectivity index (χ3n) is 2.01. The van der Waals surface area contributed by atoms with Gasteiger partial charge in [0, 0.05) is 19.6 Å². The van der Waals surface area contributed by atoms with Crippen molar-refractivity contribution < 1.29 is 8.42 Å². The zero-order chi connectivity index (χ0) is 9.19. The number of sulfone groups is 1. The van der Waals surface area contributed by atoms with Crippen molar-refractivity contribution in [2.24, 2.45) is 0 Å². The van der Waals surface area contributed by atoms with Gasteiger partial charge in [0.2, 0.25) is 0 Å². The van der Waals surface area contributed by atoms with Gasteiger partial charge in [-0.25, -0.2) is 8.42 Å². The van der Waals surface area contributed by atoms with Crippen molar-refractivity contribution in [3.63, 3.8) is 0 Å². The molecule has 0 saturated carbocycles. The van der Waals surface area contributed by atoms with E-state index in [0.717, 1.165) is 0 Å². The van der Waals surface area contributed by atoms with E-state index in [1.54, 1.807) is 0 Å². The second-order valence-electron chi connectivity index (χ2n) is 3.46. The van der Waals surface area contributed by atoms with Crippen LogP contribution < -0.4 is 5.32 Å². The molecule has 0 radical (unpaired) electrons. The van der Waals surface area contributed by atoms with Gasteiger partial charge in [0.25, 0.3) is 0 Å². The van der Waals surface area contributed by atoms with Gasteiger partial charge in [-0.3, -0.25) is 0 Å². The van der Waals surface area contributed by atoms with Crippen molar-refractivity contribution in [3.05, 3.63) is 0 Å². The Labute approximate surface area is 73.9 Å². The maximum absolute atomic E-state index is 11.5. The molecule has 72 valence electrons. The molecule has 1 unspecified atom stereocenters. The quantitative estimate of drug-likeness (QED) is 0.605. The highest BCUT2D eigenvalue weighted by Crippen LogP contribution is 2.06. The Bertz CT molecular complexity index is 236. The Hall–Kier alpha value is -0.130. The van der Waals surface area contributed by atoms with Crippen LogP contribution in [0.25, 0.3) is 0 Å². The van der Waals surface area contributed by atoms with Crippen molar-refractivity contribution in [3.8, 4) is 0 Å². The van der Waals surface area contributed by atoms with Gasteiger partial charge in [-0.1, -0.05) is 0 Å². The largest absolute Gasteiger partial charge is 0.314 e. The van der Waals surface area contributed by atoms with Crippen molar-refractivity contribution in [2.45, 2.75) is 5.25 Å². The summed E-state index contributed by atoms with van der Waals surface area (Å²) in [7, 11) is 0.963. The van der Waals surface area contributed by atoms with Gasteiger partial charge < -0.3 is 10.2 Å². The summed E-state index contributed by atoms with van der Waals surface area (Å²) in [5.74, 6) is 0.283. The topological polar surface area (TPSA) is 49.4 Å². The lowest BCUT2D eigenvalue weighted by molar-refractivity contribution is 0.388. The Morgan fingerprint density at radius 2 is 2.17 bits per heavy atom. The van der Waals surface area contributed by atoms with Crippen LogP contribution in [0.2, 0.25) is 0 Å². The highest BCUT2D eigenvalue weighted by Gasteiger charge is 2.28. The molecular formula is C7H16N2O2S. The second-order valence-corrected chi connectivity index (χ2v) is 5.86. The first-order valence-corrected chi connectivity index (χ1v) is 5.81. The molecule has 0 bridgehead atoms. The zero-order valence-corrected chi connectivity index (χ0v) is 8.39. The van der Waals surface area contributed by atoms with E-state index < -0.39 is 9.84 Å². The Morgan fingerprint density at radius 1 is 1.50 bits per heavy atom. The van der Waals surface area contributed by atoms with Crippen molar-refractivity contribution >= 4 is 9.84 Å². The molecule has 1 N–H and O–H groups in total. The average Bonchev–Trinajstić information content (AvgIpc) is 1.92. The normalized spacial score (nSPS) is 29.1. The fraction of sp³-hybridized carbons (Fsp3) is 1.00. The van der Waals surface area contributed by atoms with Gasteiger partial charge in [0.15, 0.2) is 9.84 Å². The summed E-state index contributed by atoms with van der Waals surface area (Å²) in [6.45, 7) is 1.82. The number of hydrogen-bond donors (Lipinski definition) is 1. The van der Waals surface area contributed by atoms with Gasteiger partial charge in [0.05, 0.1) is 11.0 Å². The maximum atomic E-state index is 11.5. The molecule has 1 saturated heterocycles. The molecule has 1 heterocycles. The Kier molecular flexibility index (Phi) is 3.09. The van der Waals surface area contributed by atoms with Crippen LogP contribution in [0.4, 0.5) is 0 Å². The summed E-state index contributed by atoms with van der Waals surface area (Å²) >= 11 is 0. The van der Waals surface area contributed by atoms with Crippen LogP contribution in [0.5, 0.6) is 0 Å². The van der Waals surface area contributed by atoms with Crippen LogP contribution >= 0.6 is 0 Å². The monoisotopic (exact) mass is 192 g/mol. The molecule has 1 fully saturated rings. The van der Waals surface area contributed by atoms with Crippen LogP contribution in [-0.4, -0.2) is 58.1 Å². The number of hydrogen-bond acceptors (Lipinski definition) is 4. The first-order valence-electron chi connectivity index (χ1n) is 4.09. The van der Waals surface area contributed by atoms with Crippen molar-refractivity contribution in [2.75, 3.05) is 39.5 Å². The third kappa shape index (κ3) is 2.43. The summed E-state index contributed by atoms with van der Waals surface area (Å²) in [6, 6.07) is 0. The molecular weight excluding hydrogens is 176 g/mol. The smallest absolute Gasteiger partial charge is 0.156 e. The minimum absolute atomic E-state index is 0.221. The van der Waals surface area contributed by atoms with Crippen LogP contribution in [0.15, 0.2) is 0 Å². The fourth-order valence-electron chi connectivity index (χ4n) is 1.36. The van der Waals surface area contributed by atoms with Gasteiger partial charge in [0.1, 0.15) is 0 Å². The molecule has 0 aliphatic carbocycles. The fourth-order valence-corrected chi connectivity index (χ4v) is 3.02. The van der Waals surface area contributed by atoms with E-state index in [0.29, 0.717) is 19.6 Å². The summed E-state index contributed by atoms with van der Waals surface area (Å²) in [5, 5.41) is 2.87. The van der Waals surface area contributed by atoms with Gasteiger partial charge in [-0.15, -0.1) is 0 Å². The Balaban J connectivity index is 2.61. The average molecular weight is 192 g/mol. The van der Waals surface area contributed by atoms with Crippen molar-refractivity contribution in [1.29, 1.82) is 0 Å². The lowest BCUT2D eigenvalue weighted by Gasteiger charge is -2.25. The first-order chi connectivity index (χ1) is 5.52. The number of nitrogens with one attached hydrogen (secondary N) is 1. The van der Waals surface area contributed by atoms with Gasteiger partial charge in [-0.2, -0.15) is 0 Å². The predicted molar refractivity (Wildman–Crippen MR) is 49.0 cm³/mol. The molecule has 4 nitrogen and oxygen atoms in total. The van der Waals surface area contributed by atoms with E-state index in [4.69, 9.17) is 0 Å². The molecule has 1 rings (SSSR count). The lowest BCUT2D eigenvalue weighted by atomic mass is 10.4. The molecule has 0 aromatic rings. The van der Waals surface area contributed by atoms with E-state index in [2.05, 4.69) is 5.32 Å². The van der Waals surface area contributed by atoms with E-state index >= 15 is 0 Å². The van der Waals surface area contributed by atoms with Crippen molar-refractivity contribution in [1.82, 2.24) is 10.2 Å². The first kappa shape index (κ1) is 9.95. The van der Waals surface area contributed by atoms with Crippen LogP contribution in [0, 0.1) is 0 Å². The van der Waals surface area contributed by atoms with E-state index in [1.165, 1.54) is 0 Å². The summed E-state index contributed by atoms with van der Waals surface area (Å²) < 4.78 is 22.9. The predicted octanol–water partition coefficient (Wildman–Crippen LogP) is -1.07. The lowest BCUT2D eigenvalue weighted by Crippen LogP contribution is -2.48. The molecule has 5 heteroatoms. The van der Waals surface area contributed by atoms with Gasteiger partial charge in [-0.05, 0) is 14.1 Å². The van der Waals surface area contributed by atoms with Crippen LogP contribution in [0.1, 0.15) is 0 Å². The minimum Gasteiger partial charge on any atom is -0.314 e. The van der Waals surface area contributed by atoms with Crippen LogP contribution in [0.3, 0.4) is 0 Å². The maximum Gasteiger partial charge on any atom is 0.156 e. The SMILES string of the molecule is CN(C)CC1CNCCS1(=O)=O. The summed E-state index contributed by atoms with van der Waals surface area (Å²) in [6.07, 6.45) is 0. The highest BCUT2D eigenvalue weighted by atomic mass is 32.2. The molecule has 0 aromatic heterocycles. The molecule has 0 amide bonds. The van der Waals surface area contributed by atoms with E-state index in [9.17, 15) is 8.42 Å². The third-order valence-corrected chi connectivity index (χ3v) is 4.12. The summed E-state index contributed by atoms with van der Waals surface area (Å²) in [4.78, 5) is 1.91. The molecule has 1 aliphatic heterocycles. The van der Waals surface area contributed by atoms with Crippen LogP contribution in [-0.2, 0) is 9.84 Å². The second kappa shape index (κ2) is 3.72. The Morgan fingerprint density at radius 3 is 2.67 bits per heavy atom. The molecule has 12 heavy (non-hydrogen) atoms. The number of nitrogens with zero attached hydrogens (tertiary/aromatic N) is 1. The van der Waals surface area contributed by atoms with E-state index in [-0.39, 0.29) is 11.0 Å². The standard InChI is InChI=1S/C7H16N2O2S/c1-9(2)6-7-5-8-3-4-12(7,10)11/h7-8H,3-6H2,1-2H3. The zero-order valence-electron chi connectivity index (χ0n) is 7.58. The summed E-state index contributed by atoms with van der Waals surface area (Å²) in [5.41, 5.74) is 0. The van der Waals surface area contributed by atoms with E-state index in [1.807, 2.05) is 19.0 Å². The molecule has 1 aliphatic rings. The number of rotatable bonds is 2. The van der Waals surface area contributed by atoms with Gasteiger partial charge >= 0.3 is 0 Å².